The number of hydrogen-bond donors (Lipinski definition) is 0. The Bertz CT molecular complexity index is 325. The van der Waals surface area contributed by atoms with Gasteiger partial charge < -0.3 is 0 Å². The molecule has 4 unspecified atom stereocenters. The van der Waals surface area contributed by atoms with Gasteiger partial charge in [0.25, 0.3) is 0 Å². The summed E-state index contributed by atoms with van der Waals surface area (Å²) in [5, 5.41) is 0. The summed E-state index contributed by atoms with van der Waals surface area (Å²) in [4.78, 5) is 14.5. The number of carbonyl (C=O) groups is 1. The molecule has 2 nitrogen and oxygen atoms in total. The van der Waals surface area contributed by atoms with E-state index in [1.807, 2.05) is 0 Å². The molecule has 18 heavy (non-hydrogen) atoms. The van der Waals surface area contributed by atoms with Gasteiger partial charge in [-0.15, -0.1) is 0 Å². The highest BCUT2D eigenvalue weighted by molar-refractivity contribution is 5.81. The smallest absolute Gasteiger partial charge is 0.136 e. The second-order valence-corrected chi connectivity index (χ2v) is 7.30. The van der Waals surface area contributed by atoms with Gasteiger partial charge in [-0.1, -0.05) is 19.3 Å². The van der Waals surface area contributed by atoms with Crippen molar-refractivity contribution < 1.29 is 4.79 Å². The lowest BCUT2D eigenvalue weighted by atomic mass is 9.69. The summed E-state index contributed by atoms with van der Waals surface area (Å²) >= 11 is 0. The molecular formula is C16H25NO. The summed E-state index contributed by atoms with van der Waals surface area (Å²) in [7, 11) is 0. The molecule has 0 N–H and O–H groups in total. The molecule has 2 heterocycles. The summed E-state index contributed by atoms with van der Waals surface area (Å²) in [5.41, 5.74) is 0. The zero-order valence-electron chi connectivity index (χ0n) is 11.3. The lowest BCUT2D eigenvalue weighted by Crippen LogP contribution is -2.52. The molecule has 4 fully saturated rings. The molecule has 2 aliphatic carbocycles. The molecule has 0 aromatic rings. The molecule has 4 bridgehead atoms. The maximum atomic E-state index is 11.7. The molecule has 2 saturated heterocycles. The van der Waals surface area contributed by atoms with Crippen molar-refractivity contribution in [3.8, 4) is 0 Å². The predicted octanol–water partition coefficient (Wildman–Crippen LogP) is 3.15. The highest BCUT2D eigenvalue weighted by Gasteiger charge is 2.45. The van der Waals surface area contributed by atoms with Crippen LogP contribution >= 0.6 is 0 Å². The first kappa shape index (κ1) is 11.5. The number of hydrogen-bond acceptors (Lipinski definition) is 2. The quantitative estimate of drug-likeness (QED) is 0.709. The fourth-order valence-corrected chi connectivity index (χ4v) is 5.54. The van der Waals surface area contributed by atoms with Crippen LogP contribution in [0.15, 0.2) is 0 Å². The molecule has 0 aromatic carbocycles. The first-order valence-corrected chi connectivity index (χ1v) is 8.08. The summed E-state index contributed by atoms with van der Waals surface area (Å²) in [6, 6.07) is 2.08. The van der Waals surface area contributed by atoms with Crippen molar-refractivity contribution in [1.82, 2.24) is 4.90 Å². The molecule has 100 valence electrons. The molecular weight excluding hydrogens is 222 g/mol. The van der Waals surface area contributed by atoms with Gasteiger partial charge in [-0.05, 0) is 43.9 Å². The van der Waals surface area contributed by atoms with Crippen LogP contribution in [0, 0.1) is 11.8 Å². The normalized spacial score (nSPS) is 48.4. The van der Waals surface area contributed by atoms with E-state index in [0.29, 0.717) is 17.9 Å². The topological polar surface area (TPSA) is 20.3 Å². The number of ketones is 1. The SMILES string of the molecule is O=C1CC2CCC(C1)N2C1CC2CCCC(C2)C1. The summed E-state index contributed by atoms with van der Waals surface area (Å²) in [5.74, 6) is 2.56. The standard InChI is InChI=1S/C16H25NO/c18-16-9-13-4-5-14(10-16)17(13)15-7-11-2-1-3-12(6-11)8-15/h11-15H,1-10H2. The highest BCUT2D eigenvalue weighted by Crippen LogP contribution is 2.45. The fraction of sp³-hybridized carbons (Fsp3) is 0.938. The molecule has 4 rings (SSSR count). The van der Waals surface area contributed by atoms with Gasteiger partial charge in [0.15, 0.2) is 0 Å². The van der Waals surface area contributed by atoms with E-state index in [2.05, 4.69) is 4.90 Å². The zero-order chi connectivity index (χ0) is 12.1. The van der Waals surface area contributed by atoms with E-state index in [0.717, 1.165) is 30.7 Å². The van der Waals surface area contributed by atoms with Gasteiger partial charge in [-0.2, -0.15) is 0 Å². The largest absolute Gasteiger partial charge is 0.300 e. The van der Waals surface area contributed by atoms with Crippen molar-refractivity contribution in [2.75, 3.05) is 0 Å². The maximum absolute atomic E-state index is 11.7. The minimum Gasteiger partial charge on any atom is -0.300 e. The van der Waals surface area contributed by atoms with E-state index in [9.17, 15) is 4.79 Å². The van der Waals surface area contributed by atoms with Crippen LogP contribution in [0.4, 0.5) is 0 Å². The zero-order valence-corrected chi connectivity index (χ0v) is 11.3. The molecule has 0 amide bonds. The van der Waals surface area contributed by atoms with E-state index >= 15 is 0 Å². The van der Waals surface area contributed by atoms with Gasteiger partial charge in [0.2, 0.25) is 0 Å². The summed E-state index contributed by atoms with van der Waals surface area (Å²) < 4.78 is 0. The van der Waals surface area contributed by atoms with Gasteiger partial charge in [-0.3, -0.25) is 9.69 Å². The summed E-state index contributed by atoms with van der Waals surface area (Å²) in [6.45, 7) is 0. The third kappa shape index (κ3) is 1.84. The third-order valence-electron chi connectivity index (χ3n) is 6.13. The van der Waals surface area contributed by atoms with Gasteiger partial charge in [0.05, 0.1) is 0 Å². The van der Waals surface area contributed by atoms with Crippen LogP contribution in [0.25, 0.3) is 0 Å². The van der Waals surface area contributed by atoms with E-state index in [-0.39, 0.29) is 0 Å². The van der Waals surface area contributed by atoms with Gasteiger partial charge in [0.1, 0.15) is 5.78 Å². The van der Waals surface area contributed by atoms with E-state index in [4.69, 9.17) is 0 Å². The first-order chi connectivity index (χ1) is 8.79. The maximum Gasteiger partial charge on any atom is 0.136 e. The number of rotatable bonds is 1. The Morgan fingerprint density at radius 2 is 1.39 bits per heavy atom. The average Bonchev–Trinajstić information content (AvgIpc) is 2.61. The van der Waals surface area contributed by atoms with Crippen molar-refractivity contribution in [2.24, 2.45) is 11.8 Å². The molecule has 2 heteroatoms. The molecule has 0 radical (unpaired) electrons. The van der Waals surface area contributed by atoms with Gasteiger partial charge in [-0.25, -0.2) is 0 Å². The first-order valence-electron chi connectivity index (χ1n) is 8.08. The highest BCUT2D eigenvalue weighted by atomic mass is 16.1. The summed E-state index contributed by atoms with van der Waals surface area (Å²) in [6.07, 6.45) is 13.2. The Labute approximate surface area is 110 Å². The number of fused-ring (bicyclic) bond motifs is 4. The Morgan fingerprint density at radius 1 is 0.778 bits per heavy atom. The van der Waals surface area contributed by atoms with Crippen LogP contribution < -0.4 is 0 Å². The van der Waals surface area contributed by atoms with Crippen LogP contribution in [0.2, 0.25) is 0 Å². The van der Waals surface area contributed by atoms with Crippen molar-refractivity contribution in [3.63, 3.8) is 0 Å². The average molecular weight is 247 g/mol. The molecule has 2 saturated carbocycles. The number of carbonyl (C=O) groups excluding carboxylic acids is 1. The number of piperidine rings is 1. The van der Waals surface area contributed by atoms with Gasteiger partial charge in [0, 0.05) is 31.0 Å². The monoisotopic (exact) mass is 247 g/mol. The molecule has 0 aromatic heterocycles. The Balaban J connectivity index is 1.52. The number of nitrogens with zero attached hydrogens (tertiary/aromatic N) is 1. The molecule has 2 aliphatic heterocycles. The third-order valence-corrected chi connectivity index (χ3v) is 6.13. The minimum atomic E-state index is 0.537. The fourth-order valence-electron chi connectivity index (χ4n) is 5.54. The minimum absolute atomic E-state index is 0.537. The van der Waals surface area contributed by atoms with Crippen molar-refractivity contribution in [2.45, 2.75) is 82.3 Å². The van der Waals surface area contributed by atoms with Crippen LogP contribution in [-0.2, 0) is 4.79 Å². The van der Waals surface area contributed by atoms with Crippen molar-refractivity contribution in [3.05, 3.63) is 0 Å². The van der Waals surface area contributed by atoms with E-state index in [1.54, 1.807) is 0 Å². The van der Waals surface area contributed by atoms with Crippen molar-refractivity contribution >= 4 is 5.78 Å². The van der Waals surface area contributed by atoms with Crippen LogP contribution in [0.5, 0.6) is 0 Å². The van der Waals surface area contributed by atoms with Crippen LogP contribution in [0.1, 0.15) is 64.2 Å². The van der Waals surface area contributed by atoms with Gasteiger partial charge >= 0.3 is 0 Å². The molecule has 4 aliphatic rings. The van der Waals surface area contributed by atoms with Crippen LogP contribution in [0.3, 0.4) is 0 Å². The van der Waals surface area contributed by atoms with E-state index in [1.165, 1.54) is 51.4 Å². The second-order valence-electron chi connectivity index (χ2n) is 7.30. The molecule has 0 spiro atoms. The van der Waals surface area contributed by atoms with E-state index < -0.39 is 0 Å². The Kier molecular flexibility index (Phi) is 2.76. The molecule has 4 atom stereocenters. The Hall–Kier alpha value is -0.370. The second kappa shape index (κ2) is 4.33. The number of Topliss-reactive ketones (excluding diaryl/α,β-unsaturated/α-hetero) is 1. The predicted molar refractivity (Wildman–Crippen MR) is 71.4 cm³/mol. The van der Waals surface area contributed by atoms with Crippen LogP contribution in [-0.4, -0.2) is 28.8 Å². The Morgan fingerprint density at radius 3 is 2.00 bits per heavy atom. The van der Waals surface area contributed by atoms with Crippen molar-refractivity contribution in [1.29, 1.82) is 0 Å². The lowest BCUT2D eigenvalue weighted by molar-refractivity contribution is -0.125. The lowest BCUT2D eigenvalue weighted by Gasteiger charge is -2.47.